The molecule has 1 aromatic carbocycles. The van der Waals surface area contributed by atoms with E-state index < -0.39 is 6.10 Å². The van der Waals surface area contributed by atoms with Gasteiger partial charge in [-0.15, -0.1) is 0 Å². The largest absolute Gasteiger partial charge is 0.478 e. The summed E-state index contributed by atoms with van der Waals surface area (Å²) >= 11 is 0. The molecule has 0 saturated carbocycles. The molecule has 6 heteroatoms. The van der Waals surface area contributed by atoms with E-state index in [9.17, 15) is 9.59 Å². The van der Waals surface area contributed by atoms with Gasteiger partial charge in [0.25, 0.3) is 5.91 Å². The Morgan fingerprint density at radius 2 is 2.12 bits per heavy atom. The second kappa shape index (κ2) is 7.12. The molecule has 1 aliphatic heterocycles. The van der Waals surface area contributed by atoms with Crippen molar-refractivity contribution in [2.75, 3.05) is 11.4 Å². The van der Waals surface area contributed by atoms with Gasteiger partial charge < -0.3 is 10.1 Å². The second-order valence-corrected chi connectivity index (χ2v) is 5.54. The Hall–Kier alpha value is -2.89. The fourth-order valence-electron chi connectivity index (χ4n) is 2.60. The molecule has 0 aliphatic carbocycles. The average Bonchev–Trinajstić information content (AvgIpc) is 2.63. The lowest BCUT2D eigenvalue weighted by atomic mass is 10.1. The number of para-hydroxylation sites is 2. The van der Waals surface area contributed by atoms with Crippen molar-refractivity contribution in [2.45, 2.75) is 26.0 Å². The number of amides is 2. The predicted molar refractivity (Wildman–Crippen MR) is 89.6 cm³/mol. The molecule has 2 heterocycles. The molecule has 0 saturated heterocycles. The van der Waals surface area contributed by atoms with Gasteiger partial charge in [0.1, 0.15) is 12.3 Å². The van der Waals surface area contributed by atoms with Gasteiger partial charge >= 0.3 is 0 Å². The first-order chi connectivity index (χ1) is 11.7. The Labute approximate surface area is 140 Å². The minimum absolute atomic E-state index is 0.0318. The van der Waals surface area contributed by atoms with Gasteiger partial charge in [-0.25, -0.2) is 0 Å². The number of fused-ring (bicyclic) bond motifs is 1. The minimum atomic E-state index is -0.550. The van der Waals surface area contributed by atoms with Gasteiger partial charge in [-0.1, -0.05) is 25.1 Å². The molecule has 1 N–H and O–H groups in total. The molecule has 0 radical (unpaired) electrons. The third kappa shape index (κ3) is 3.37. The SMILES string of the molecule is CC[C@@H]1Oc2ccccc2N(CC(=O)NCc2cccnc2)C1=O. The van der Waals surface area contributed by atoms with E-state index in [4.69, 9.17) is 4.74 Å². The van der Waals surface area contributed by atoms with Crippen molar-refractivity contribution in [1.29, 1.82) is 0 Å². The van der Waals surface area contributed by atoms with Crippen molar-refractivity contribution < 1.29 is 14.3 Å². The highest BCUT2D eigenvalue weighted by Crippen LogP contribution is 2.34. The Bertz CT molecular complexity index is 733. The average molecular weight is 325 g/mol. The van der Waals surface area contributed by atoms with Crippen LogP contribution in [0, 0.1) is 0 Å². The van der Waals surface area contributed by atoms with Crippen molar-refractivity contribution >= 4 is 17.5 Å². The smallest absolute Gasteiger partial charge is 0.268 e. The number of aromatic nitrogens is 1. The summed E-state index contributed by atoms with van der Waals surface area (Å²) in [5.41, 5.74) is 1.54. The van der Waals surface area contributed by atoms with Gasteiger partial charge in [-0.2, -0.15) is 0 Å². The molecule has 1 aromatic heterocycles. The molecule has 0 bridgehead atoms. The normalized spacial score (nSPS) is 16.3. The van der Waals surface area contributed by atoms with E-state index in [1.807, 2.05) is 37.3 Å². The molecule has 2 aromatic rings. The maximum atomic E-state index is 12.5. The van der Waals surface area contributed by atoms with Gasteiger partial charge in [0.05, 0.1) is 5.69 Å². The minimum Gasteiger partial charge on any atom is -0.478 e. The third-order valence-corrected chi connectivity index (χ3v) is 3.85. The Morgan fingerprint density at radius 1 is 1.29 bits per heavy atom. The van der Waals surface area contributed by atoms with E-state index >= 15 is 0 Å². The number of rotatable bonds is 5. The van der Waals surface area contributed by atoms with E-state index in [2.05, 4.69) is 10.3 Å². The predicted octanol–water partition coefficient (Wildman–Crippen LogP) is 1.90. The van der Waals surface area contributed by atoms with Crippen molar-refractivity contribution in [3.05, 3.63) is 54.4 Å². The summed E-state index contributed by atoms with van der Waals surface area (Å²) in [5, 5.41) is 2.82. The summed E-state index contributed by atoms with van der Waals surface area (Å²) in [6.45, 7) is 2.23. The number of anilines is 1. The maximum Gasteiger partial charge on any atom is 0.268 e. The van der Waals surface area contributed by atoms with Crippen LogP contribution < -0.4 is 15.0 Å². The van der Waals surface area contributed by atoms with Gasteiger partial charge in [0, 0.05) is 18.9 Å². The maximum absolute atomic E-state index is 12.5. The highest BCUT2D eigenvalue weighted by Gasteiger charge is 2.34. The van der Waals surface area contributed by atoms with Crippen LogP contribution in [0.15, 0.2) is 48.8 Å². The first kappa shape index (κ1) is 16.0. The number of benzene rings is 1. The van der Waals surface area contributed by atoms with Gasteiger partial charge in [-0.3, -0.25) is 19.5 Å². The lowest BCUT2D eigenvalue weighted by Gasteiger charge is -2.33. The molecule has 0 unspecified atom stereocenters. The summed E-state index contributed by atoms with van der Waals surface area (Å²) in [7, 11) is 0. The van der Waals surface area contributed by atoms with Crippen molar-refractivity contribution in [1.82, 2.24) is 10.3 Å². The van der Waals surface area contributed by atoms with Crippen LogP contribution in [-0.4, -0.2) is 29.4 Å². The summed E-state index contributed by atoms with van der Waals surface area (Å²) in [4.78, 5) is 30.3. The summed E-state index contributed by atoms with van der Waals surface area (Å²) in [5.74, 6) is 0.218. The van der Waals surface area contributed by atoms with Crippen LogP contribution >= 0.6 is 0 Å². The molecule has 24 heavy (non-hydrogen) atoms. The molecule has 1 aliphatic rings. The lowest BCUT2D eigenvalue weighted by molar-refractivity contribution is -0.129. The first-order valence-corrected chi connectivity index (χ1v) is 7.91. The summed E-state index contributed by atoms with van der Waals surface area (Å²) < 4.78 is 5.70. The summed E-state index contributed by atoms with van der Waals surface area (Å²) in [6.07, 6.45) is 3.38. The van der Waals surface area contributed by atoms with Crippen LogP contribution in [-0.2, 0) is 16.1 Å². The summed E-state index contributed by atoms with van der Waals surface area (Å²) in [6, 6.07) is 11.0. The number of hydrogen-bond donors (Lipinski definition) is 1. The number of hydrogen-bond acceptors (Lipinski definition) is 4. The number of carbonyl (C=O) groups excluding carboxylic acids is 2. The number of nitrogens with zero attached hydrogens (tertiary/aromatic N) is 2. The molecule has 2 amide bonds. The van der Waals surface area contributed by atoms with E-state index in [1.165, 1.54) is 4.90 Å². The van der Waals surface area contributed by atoms with Crippen LogP contribution in [0.2, 0.25) is 0 Å². The number of nitrogens with one attached hydrogen (secondary N) is 1. The monoisotopic (exact) mass is 325 g/mol. The standard InChI is InChI=1S/C18H19N3O3/c1-2-15-18(23)21(14-7-3-4-8-16(14)24-15)12-17(22)20-11-13-6-5-9-19-10-13/h3-10,15H,2,11-12H2,1H3,(H,20,22)/t15-/m0/s1. The Kier molecular flexibility index (Phi) is 4.74. The fourth-order valence-corrected chi connectivity index (χ4v) is 2.60. The number of carbonyl (C=O) groups is 2. The topological polar surface area (TPSA) is 71.5 Å². The van der Waals surface area contributed by atoms with E-state index in [0.717, 1.165) is 5.56 Å². The fraction of sp³-hybridized carbons (Fsp3) is 0.278. The van der Waals surface area contributed by atoms with E-state index in [-0.39, 0.29) is 18.4 Å². The van der Waals surface area contributed by atoms with Crippen LogP contribution in [0.4, 0.5) is 5.69 Å². The Morgan fingerprint density at radius 3 is 2.88 bits per heavy atom. The molecule has 3 rings (SSSR count). The third-order valence-electron chi connectivity index (χ3n) is 3.85. The Balaban J connectivity index is 1.70. The molecule has 124 valence electrons. The van der Waals surface area contributed by atoms with Crippen LogP contribution in [0.1, 0.15) is 18.9 Å². The molecular weight excluding hydrogens is 306 g/mol. The molecule has 0 spiro atoms. The van der Waals surface area contributed by atoms with Crippen molar-refractivity contribution in [3.8, 4) is 5.75 Å². The zero-order chi connectivity index (χ0) is 16.9. The van der Waals surface area contributed by atoms with Crippen LogP contribution in [0.3, 0.4) is 0 Å². The molecule has 0 fully saturated rings. The molecular formula is C18H19N3O3. The van der Waals surface area contributed by atoms with Crippen LogP contribution in [0.5, 0.6) is 5.75 Å². The highest BCUT2D eigenvalue weighted by atomic mass is 16.5. The van der Waals surface area contributed by atoms with E-state index in [0.29, 0.717) is 24.4 Å². The second-order valence-electron chi connectivity index (χ2n) is 5.54. The van der Waals surface area contributed by atoms with Crippen LogP contribution in [0.25, 0.3) is 0 Å². The zero-order valence-corrected chi connectivity index (χ0v) is 13.4. The zero-order valence-electron chi connectivity index (χ0n) is 13.4. The highest BCUT2D eigenvalue weighted by molar-refractivity contribution is 6.03. The number of pyridine rings is 1. The molecule has 1 atom stereocenters. The van der Waals surface area contributed by atoms with E-state index in [1.54, 1.807) is 18.5 Å². The number of ether oxygens (including phenoxy) is 1. The quantitative estimate of drug-likeness (QED) is 0.911. The van der Waals surface area contributed by atoms with Crippen molar-refractivity contribution in [3.63, 3.8) is 0 Å². The van der Waals surface area contributed by atoms with Gasteiger partial charge in [0.15, 0.2) is 6.10 Å². The first-order valence-electron chi connectivity index (χ1n) is 7.91. The lowest BCUT2D eigenvalue weighted by Crippen LogP contribution is -2.49. The van der Waals surface area contributed by atoms with Gasteiger partial charge in [-0.05, 0) is 30.2 Å². The van der Waals surface area contributed by atoms with Gasteiger partial charge in [0.2, 0.25) is 5.91 Å². The molecule has 6 nitrogen and oxygen atoms in total. The van der Waals surface area contributed by atoms with Crippen molar-refractivity contribution in [2.24, 2.45) is 0 Å².